The van der Waals surface area contributed by atoms with Crippen LogP contribution < -0.4 is 11.5 Å². The zero-order valence-corrected chi connectivity index (χ0v) is 9.98. The van der Waals surface area contributed by atoms with Gasteiger partial charge in [-0.05, 0) is 30.3 Å². The van der Waals surface area contributed by atoms with E-state index < -0.39 is 11.7 Å². The van der Waals surface area contributed by atoms with Gasteiger partial charge in [0.1, 0.15) is 5.76 Å². The number of oxime groups is 1. The fourth-order valence-corrected chi connectivity index (χ4v) is 1.64. The molecular weight excluding hydrogens is 275 g/mol. The van der Waals surface area contributed by atoms with Crippen molar-refractivity contribution in [2.24, 2.45) is 10.9 Å². The molecule has 0 saturated carbocycles. The van der Waals surface area contributed by atoms with E-state index in [0.717, 1.165) is 12.1 Å². The van der Waals surface area contributed by atoms with E-state index in [0.29, 0.717) is 0 Å². The van der Waals surface area contributed by atoms with E-state index >= 15 is 0 Å². The van der Waals surface area contributed by atoms with Gasteiger partial charge in [-0.15, -0.1) is 0 Å². The summed E-state index contributed by atoms with van der Waals surface area (Å²) in [5.41, 5.74) is 9.49. The van der Waals surface area contributed by atoms with Gasteiger partial charge in [-0.1, -0.05) is 5.16 Å². The van der Waals surface area contributed by atoms with Gasteiger partial charge in [0, 0.05) is 11.3 Å². The lowest BCUT2D eigenvalue weighted by atomic mass is 10.1. The van der Waals surface area contributed by atoms with Crippen LogP contribution >= 0.6 is 0 Å². The molecule has 0 aliphatic rings. The molecule has 1 heterocycles. The molecule has 0 atom stereocenters. The first-order chi connectivity index (χ1) is 9.32. The van der Waals surface area contributed by atoms with E-state index in [1.165, 1.54) is 18.2 Å². The largest absolute Gasteiger partial charge is 0.453 e. The van der Waals surface area contributed by atoms with Crippen molar-refractivity contribution in [3.05, 3.63) is 41.7 Å². The van der Waals surface area contributed by atoms with Gasteiger partial charge in [-0.25, -0.2) is 0 Å². The highest BCUT2D eigenvalue weighted by molar-refractivity contribution is 5.94. The lowest BCUT2D eigenvalue weighted by Crippen LogP contribution is -2.11. The third-order valence-electron chi connectivity index (χ3n) is 2.61. The summed E-state index contributed by atoms with van der Waals surface area (Å²) in [6, 6.07) is 6.21. The minimum atomic E-state index is -4.55. The topological polar surface area (TPSA) is 97.8 Å². The fourth-order valence-electron chi connectivity index (χ4n) is 1.64. The lowest BCUT2D eigenvalue weighted by Gasteiger charge is -2.10. The number of hydrogen-bond acceptors (Lipinski definition) is 4. The van der Waals surface area contributed by atoms with Crippen molar-refractivity contribution in [3.8, 4) is 11.3 Å². The normalized spacial score (nSPS) is 12.7. The van der Waals surface area contributed by atoms with E-state index in [4.69, 9.17) is 21.1 Å². The van der Waals surface area contributed by atoms with Gasteiger partial charge < -0.3 is 21.1 Å². The Labute approximate surface area is 111 Å². The summed E-state index contributed by atoms with van der Waals surface area (Å²) in [5, 5.41) is 11.2. The summed E-state index contributed by atoms with van der Waals surface area (Å²) >= 11 is 0. The van der Waals surface area contributed by atoms with Crippen molar-refractivity contribution in [2.75, 3.05) is 5.73 Å². The van der Waals surface area contributed by atoms with Crippen LogP contribution in [0.5, 0.6) is 0 Å². The lowest BCUT2D eigenvalue weighted by molar-refractivity contribution is -0.136. The zero-order chi connectivity index (χ0) is 14.9. The van der Waals surface area contributed by atoms with E-state index in [1.54, 1.807) is 0 Å². The van der Waals surface area contributed by atoms with Crippen molar-refractivity contribution in [1.82, 2.24) is 0 Å². The van der Waals surface area contributed by atoms with Gasteiger partial charge in [0.05, 0.1) is 5.56 Å². The van der Waals surface area contributed by atoms with Gasteiger partial charge >= 0.3 is 6.18 Å². The predicted octanol–water partition coefficient (Wildman–Crippen LogP) is 2.64. The Morgan fingerprint density at radius 3 is 2.50 bits per heavy atom. The number of rotatable bonds is 2. The Hall–Kier alpha value is -2.64. The van der Waals surface area contributed by atoms with Crippen LogP contribution in [-0.4, -0.2) is 11.0 Å². The maximum Gasteiger partial charge on any atom is 0.418 e. The number of alkyl halides is 3. The van der Waals surface area contributed by atoms with Crippen LogP contribution in [-0.2, 0) is 6.18 Å². The molecule has 0 unspecified atom stereocenters. The first-order valence-corrected chi connectivity index (χ1v) is 5.37. The second-order valence-electron chi connectivity index (χ2n) is 3.95. The maximum atomic E-state index is 12.7. The first-order valence-electron chi connectivity index (χ1n) is 5.37. The average Bonchev–Trinajstić information content (AvgIpc) is 2.86. The Bertz CT molecular complexity index is 662. The molecule has 0 amide bonds. The van der Waals surface area contributed by atoms with Crippen LogP contribution in [0.25, 0.3) is 11.3 Å². The molecule has 0 aliphatic carbocycles. The highest BCUT2D eigenvalue weighted by atomic mass is 19.4. The number of anilines is 1. The molecule has 0 spiro atoms. The molecule has 0 aliphatic heterocycles. The molecule has 1 aromatic heterocycles. The van der Waals surface area contributed by atoms with Gasteiger partial charge in [0.25, 0.3) is 0 Å². The molecule has 5 N–H and O–H groups in total. The summed E-state index contributed by atoms with van der Waals surface area (Å²) in [7, 11) is 0. The SMILES string of the molecule is NC(=NO)c1ccc(-c2ccc(N)c(C(F)(F)F)c2)o1. The monoisotopic (exact) mass is 285 g/mol. The summed E-state index contributed by atoms with van der Waals surface area (Å²) in [6.45, 7) is 0. The number of nitrogens with two attached hydrogens (primary N) is 2. The molecule has 0 fully saturated rings. The number of hydrogen-bond donors (Lipinski definition) is 3. The summed E-state index contributed by atoms with van der Waals surface area (Å²) in [4.78, 5) is 0. The Balaban J connectivity index is 2.46. The van der Waals surface area contributed by atoms with Gasteiger partial charge in [-0.3, -0.25) is 0 Å². The quantitative estimate of drug-likeness (QED) is 0.260. The van der Waals surface area contributed by atoms with E-state index in [2.05, 4.69) is 5.16 Å². The van der Waals surface area contributed by atoms with Crippen molar-refractivity contribution in [3.63, 3.8) is 0 Å². The molecule has 8 heteroatoms. The number of benzene rings is 1. The van der Waals surface area contributed by atoms with Crippen LogP contribution in [0, 0.1) is 0 Å². The molecule has 5 nitrogen and oxygen atoms in total. The molecule has 2 aromatic rings. The zero-order valence-electron chi connectivity index (χ0n) is 9.98. The number of amidine groups is 1. The number of halogens is 3. The highest BCUT2D eigenvalue weighted by Crippen LogP contribution is 2.36. The molecule has 106 valence electrons. The second-order valence-corrected chi connectivity index (χ2v) is 3.95. The van der Waals surface area contributed by atoms with Crippen molar-refractivity contribution >= 4 is 11.5 Å². The van der Waals surface area contributed by atoms with Crippen molar-refractivity contribution in [1.29, 1.82) is 0 Å². The second kappa shape index (κ2) is 4.80. The minimum absolute atomic E-state index is 0.0490. The summed E-state index contributed by atoms with van der Waals surface area (Å²) in [5.74, 6) is -0.0762. The molecular formula is C12H10F3N3O2. The molecule has 0 saturated heterocycles. The van der Waals surface area contributed by atoms with Crippen LogP contribution in [0.2, 0.25) is 0 Å². The Morgan fingerprint density at radius 2 is 1.90 bits per heavy atom. The first kappa shape index (κ1) is 13.8. The maximum absolute atomic E-state index is 12.7. The highest BCUT2D eigenvalue weighted by Gasteiger charge is 2.33. The van der Waals surface area contributed by atoms with Crippen LogP contribution in [0.4, 0.5) is 18.9 Å². The number of furan rings is 1. The third-order valence-corrected chi connectivity index (χ3v) is 2.61. The van der Waals surface area contributed by atoms with Gasteiger partial charge in [0.2, 0.25) is 5.84 Å². The van der Waals surface area contributed by atoms with E-state index in [9.17, 15) is 13.2 Å². The fraction of sp³-hybridized carbons (Fsp3) is 0.0833. The minimum Gasteiger partial charge on any atom is -0.453 e. The van der Waals surface area contributed by atoms with E-state index in [1.807, 2.05) is 0 Å². The number of nitrogens with zero attached hydrogens (tertiary/aromatic N) is 1. The third kappa shape index (κ3) is 2.53. The molecule has 1 aromatic carbocycles. The standard InChI is InChI=1S/C12H10F3N3O2/c13-12(14,15)7-5-6(1-2-8(7)16)9-3-4-10(20-9)11(17)18-19/h1-5,19H,16H2,(H2,17,18). The van der Waals surface area contributed by atoms with Gasteiger partial charge in [-0.2, -0.15) is 13.2 Å². The van der Waals surface area contributed by atoms with Crippen LogP contribution in [0.1, 0.15) is 11.3 Å². The number of nitrogen functional groups attached to an aromatic ring is 1. The smallest absolute Gasteiger partial charge is 0.418 e. The summed E-state index contributed by atoms with van der Waals surface area (Å²) in [6.07, 6.45) is -4.55. The molecule has 2 rings (SSSR count). The average molecular weight is 285 g/mol. The molecule has 0 radical (unpaired) electrons. The van der Waals surface area contributed by atoms with Crippen molar-refractivity contribution < 1.29 is 22.8 Å². The Morgan fingerprint density at radius 1 is 1.20 bits per heavy atom. The Kier molecular flexibility index (Phi) is 3.31. The van der Waals surface area contributed by atoms with Crippen LogP contribution in [0.15, 0.2) is 39.9 Å². The molecule has 0 bridgehead atoms. The molecule has 20 heavy (non-hydrogen) atoms. The summed E-state index contributed by atoms with van der Waals surface area (Å²) < 4.78 is 43.5. The van der Waals surface area contributed by atoms with Crippen molar-refractivity contribution in [2.45, 2.75) is 6.18 Å². The predicted molar refractivity (Wildman–Crippen MR) is 66.1 cm³/mol. The van der Waals surface area contributed by atoms with Crippen LogP contribution in [0.3, 0.4) is 0 Å². The van der Waals surface area contributed by atoms with Gasteiger partial charge in [0.15, 0.2) is 5.76 Å². The van der Waals surface area contributed by atoms with E-state index in [-0.39, 0.29) is 28.6 Å².